The van der Waals surface area contributed by atoms with E-state index in [0.717, 1.165) is 17.7 Å². The average Bonchev–Trinajstić information content (AvgIpc) is 2.54. The molecule has 2 aromatic carbocycles. The molecule has 0 radical (unpaired) electrons. The number of benzene rings is 2. The Labute approximate surface area is 140 Å². The van der Waals surface area contributed by atoms with Crippen LogP contribution < -0.4 is 4.72 Å². The van der Waals surface area contributed by atoms with Crippen LogP contribution in [0.5, 0.6) is 0 Å². The van der Waals surface area contributed by atoms with Gasteiger partial charge in [-0.3, -0.25) is 0 Å². The molecular formula is C17H19F2NO3S. The number of nitrogens with one attached hydrogen (secondary N) is 1. The summed E-state index contributed by atoms with van der Waals surface area (Å²) in [7, 11) is -4.09. The number of hydrogen-bond donors (Lipinski definition) is 1. The molecule has 1 unspecified atom stereocenters. The van der Waals surface area contributed by atoms with E-state index in [2.05, 4.69) is 4.72 Å². The smallest absolute Gasteiger partial charge is 0.243 e. The molecule has 0 aliphatic heterocycles. The first kappa shape index (κ1) is 18.5. The van der Waals surface area contributed by atoms with Crippen LogP contribution in [0.25, 0.3) is 0 Å². The van der Waals surface area contributed by atoms with Gasteiger partial charge in [-0.05, 0) is 24.1 Å². The van der Waals surface area contributed by atoms with Crippen molar-refractivity contribution in [3.63, 3.8) is 0 Å². The molecule has 1 N–H and O–H groups in total. The van der Waals surface area contributed by atoms with Crippen molar-refractivity contribution in [2.45, 2.75) is 30.9 Å². The molecule has 0 heterocycles. The number of ether oxygens (including phenoxy) is 1. The Balaban J connectivity index is 1.98. The third kappa shape index (κ3) is 5.09. The minimum absolute atomic E-state index is 0.146. The molecule has 130 valence electrons. The Morgan fingerprint density at radius 1 is 1.12 bits per heavy atom. The highest BCUT2D eigenvalue weighted by Crippen LogP contribution is 2.16. The van der Waals surface area contributed by atoms with Crippen LogP contribution in [-0.2, 0) is 21.4 Å². The van der Waals surface area contributed by atoms with Crippen LogP contribution in [0, 0.1) is 11.6 Å². The first-order valence-electron chi connectivity index (χ1n) is 7.51. The molecule has 0 aromatic heterocycles. The Morgan fingerprint density at radius 3 is 2.46 bits per heavy atom. The first-order valence-corrected chi connectivity index (χ1v) is 8.99. The summed E-state index contributed by atoms with van der Waals surface area (Å²) in [6.45, 7) is 2.29. The number of halogens is 2. The molecule has 0 bridgehead atoms. The number of hydrogen-bond acceptors (Lipinski definition) is 3. The molecule has 0 aliphatic rings. The van der Waals surface area contributed by atoms with Gasteiger partial charge in [0.15, 0.2) is 0 Å². The van der Waals surface area contributed by atoms with Gasteiger partial charge in [-0.15, -0.1) is 0 Å². The normalized spacial score (nSPS) is 13.0. The lowest BCUT2D eigenvalue weighted by Gasteiger charge is -2.17. The largest absolute Gasteiger partial charge is 0.375 e. The van der Waals surface area contributed by atoms with Crippen molar-refractivity contribution in [3.8, 4) is 0 Å². The molecule has 4 nitrogen and oxygen atoms in total. The third-order valence-electron chi connectivity index (χ3n) is 3.43. The SMILES string of the molecule is CCC(COCc1ccccc1)NS(=O)(=O)c1ccc(F)cc1F. The van der Waals surface area contributed by atoms with E-state index in [9.17, 15) is 17.2 Å². The minimum Gasteiger partial charge on any atom is -0.375 e. The van der Waals surface area contributed by atoms with Gasteiger partial charge in [-0.1, -0.05) is 37.3 Å². The maximum atomic E-state index is 13.7. The van der Waals surface area contributed by atoms with Crippen LogP contribution in [0.1, 0.15) is 18.9 Å². The van der Waals surface area contributed by atoms with Crippen molar-refractivity contribution in [3.05, 3.63) is 65.7 Å². The maximum absolute atomic E-state index is 13.7. The predicted octanol–water partition coefficient (Wildman–Crippen LogP) is 3.24. The fraction of sp³-hybridized carbons (Fsp3) is 0.294. The number of rotatable bonds is 8. The first-order chi connectivity index (χ1) is 11.4. The van der Waals surface area contributed by atoms with Crippen LogP contribution in [0.4, 0.5) is 8.78 Å². The van der Waals surface area contributed by atoms with Gasteiger partial charge in [-0.2, -0.15) is 0 Å². The van der Waals surface area contributed by atoms with Gasteiger partial charge < -0.3 is 4.74 Å². The molecule has 0 amide bonds. The fourth-order valence-corrected chi connectivity index (χ4v) is 3.47. The summed E-state index contributed by atoms with van der Waals surface area (Å²) in [4.78, 5) is -0.578. The summed E-state index contributed by atoms with van der Waals surface area (Å²) in [5.74, 6) is -1.95. The summed E-state index contributed by atoms with van der Waals surface area (Å²) in [6.07, 6.45) is 0.469. The third-order valence-corrected chi connectivity index (χ3v) is 4.98. The Hall–Kier alpha value is -1.83. The van der Waals surface area contributed by atoms with Crippen molar-refractivity contribution < 1.29 is 21.9 Å². The maximum Gasteiger partial charge on any atom is 0.243 e. The molecule has 0 saturated heterocycles. The zero-order valence-electron chi connectivity index (χ0n) is 13.2. The lowest BCUT2D eigenvalue weighted by Crippen LogP contribution is -2.38. The van der Waals surface area contributed by atoms with E-state index in [1.807, 2.05) is 30.3 Å². The zero-order chi connectivity index (χ0) is 17.6. The highest BCUT2D eigenvalue weighted by molar-refractivity contribution is 7.89. The lowest BCUT2D eigenvalue weighted by atomic mass is 10.2. The van der Waals surface area contributed by atoms with Gasteiger partial charge in [0, 0.05) is 12.1 Å². The molecule has 0 fully saturated rings. The van der Waals surface area contributed by atoms with Gasteiger partial charge in [-0.25, -0.2) is 21.9 Å². The second-order valence-corrected chi connectivity index (χ2v) is 6.98. The van der Waals surface area contributed by atoms with Crippen LogP contribution in [0.15, 0.2) is 53.4 Å². The highest BCUT2D eigenvalue weighted by Gasteiger charge is 2.23. The molecule has 2 aromatic rings. The van der Waals surface area contributed by atoms with E-state index in [1.165, 1.54) is 0 Å². The summed E-state index contributed by atoms with van der Waals surface area (Å²) < 4.78 is 59.0. The Kier molecular flexibility index (Phi) is 6.42. The standard InChI is InChI=1S/C17H19F2NO3S/c1-2-15(12-23-11-13-6-4-3-5-7-13)20-24(21,22)17-9-8-14(18)10-16(17)19/h3-10,15,20H,2,11-12H2,1H3. The van der Waals surface area contributed by atoms with Gasteiger partial charge in [0.05, 0.1) is 13.2 Å². The van der Waals surface area contributed by atoms with Crippen LogP contribution in [-0.4, -0.2) is 21.1 Å². The van der Waals surface area contributed by atoms with Gasteiger partial charge in [0.1, 0.15) is 16.5 Å². The topological polar surface area (TPSA) is 55.4 Å². The van der Waals surface area contributed by atoms with Crippen molar-refractivity contribution in [1.82, 2.24) is 4.72 Å². The molecule has 1 atom stereocenters. The van der Waals surface area contributed by atoms with E-state index in [4.69, 9.17) is 4.74 Å². The second kappa shape index (κ2) is 8.32. The number of sulfonamides is 1. The quantitative estimate of drug-likeness (QED) is 0.791. The summed E-state index contributed by atoms with van der Waals surface area (Å²) in [5, 5.41) is 0. The average molecular weight is 355 g/mol. The van der Waals surface area contributed by atoms with Crippen molar-refractivity contribution >= 4 is 10.0 Å². The van der Waals surface area contributed by atoms with Gasteiger partial charge in [0.25, 0.3) is 0 Å². The van der Waals surface area contributed by atoms with E-state index >= 15 is 0 Å². The molecule has 0 aliphatic carbocycles. The Morgan fingerprint density at radius 2 is 1.83 bits per heavy atom. The molecular weight excluding hydrogens is 336 g/mol. The molecule has 24 heavy (non-hydrogen) atoms. The lowest BCUT2D eigenvalue weighted by molar-refractivity contribution is 0.103. The Bertz CT molecular complexity index is 767. The minimum atomic E-state index is -4.09. The van der Waals surface area contributed by atoms with Crippen LogP contribution >= 0.6 is 0 Å². The van der Waals surface area contributed by atoms with E-state index in [-0.39, 0.29) is 6.61 Å². The molecule has 2 rings (SSSR count). The summed E-state index contributed by atoms with van der Waals surface area (Å²) >= 11 is 0. The summed E-state index contributed by atoms with van der Waals surface area (Å²) in [5.41, 5.74) is 0.972. The van der Waals surface area contributed by atoms with Crippen molar-refractivity contribution in [2.24, 2.45) is 0 Å². The molecule has 7 heteroatoms. The monoisotopic (exact) mass is 355 g/mol. The predicted molar refractivity (Wildman–Crippen MR) is 86.9 cm³/mol. The van der Waals surface area contributed by atoms with E-state index in [1.54, 1.807) is 6.92 Å². The van der Waals surface area contributed by atoms with Gasteiger partial charge in [0.2, 0.25) is 10.0 Å². The zero-order valence-corrected chi connectivity index (χ0v) is 14.0. The van der Waals surface area contributed by atoms with Gasteiger partial charge >= 0.3 is 0 Å². The van der Waals surface area contributed by atoms with Crippen LogP contribution in [0.2, 0.25) is 0 Å². The van der Waals surface area contributed by atoms with Crippen molar-refractivity contribution in [1.29, 1.82) is 0 Å². The second-order valence-electron chi connectivity index (χ2n) is 5.30. The van der Waals surface area contributed by atoms with E-state index < -0.39 is 32.6 Å². The van der Waals surface area contributed by atoms with Crippen LogP contribution in [0.3, 0.4) is 0 Å². The molecule has 0 spiro atoms. The van der Waals surface area contributed by atoms with Crippen molar-refractivity contribution in [2.75, 3.05) is 6.61 Å². The summed E-state index contributed by atoms with van der Waals surface area (Å²) in [6, 6.07) is 11.3. The molecule has 0 saturated carbocycles. The highest BCUT2D eigenvalue weighted by atomic mass is 32.2. The van der Waals surface area contributed by atoms with E-state index in [0.29, 0.717) is 19.1 Å². The fourth-order valence-electron chi connectivity index (χ4n) is 2.10.